The van der Waals surface area contributed by atoms with Gasteiger partial charge in [-0.3, -0.25) is 0 Å². The van der Waals surface area contributed by atoms with Crippen molar-refractivity contribution in [1.82, 2.24) is 5.32 Å². The van der Waals surface area contributed by atoms with E-state index in [1.807, 2.05) is 7.05 Å². The minimum absolute atomic E-state index is 0.731. The predicted octanol–water partition coefficient (Wildman–Crippen LogP) is 1.66. The maximum Gasteiger partial charge on any atom is 0.121 e. The highest BCUT2D eigenvalue weighted by molar-refractivity contribution is 8.74. The molecular formula is C8H18NS2+. The fraction of sp³-hybridized carbons (Fsp3) is 1.00. The lowest BCUT2D eigenvalue weighted by Gasteiger charge is -2.10. The molecule has 1 aliphatic heterocycles. The standard InChI is InChI=1S/C8H18NS2/c1-9-5-4-8-11-7-3-2-6-10-11/h9H,2-8H2,1H3/q+1. The van der Waals surface area contributed by atoms with E-state index in [0.29, 0.717) is 0 Å². The van der Waals surface area contributed by atoms with Crippen LogP contribution in [-0.4, -0.2) is 30.9 Å². The van der Waals surface area contributed by atoms with Crippen LogP contribution in [0.3, 0.4) is 0 Å². The van der Waals surface area contributed by atoms with Gasteiger partial charge in [0.05, 0.1) is 20.7 Å². The molecule has 0 saturated carbocycles. The van der Waals surface area contributed by atoms with Crippen molar-refractivity contribution >= 4 is 20.7 Å². The summed E-state index contributed by atoms with van der Waals surface area (Å²) in [5.41, 5.74) is 0. The molecule has 1 aliphatic rings. The van der Waals surface area contributed by atoms with E-state index >= 15 is 0 Å². The molecule has 3 heteroatoms. The molecule has 0 amide bonds. The highest BCUT2D eigenvalue weighted by atomic mass is 33.1. The third-order valence-corrected chi connectivity index (χ3v) is 6.59. The highest BCUT2D eigenvalue weighted by Crippen LogP contribution is 2.25. The zero-order valence-electron chi connectivity index (χ0n) is 7.27. The zero-order valence-corrected chi connectivity index (χ0v) is 8.90. The van der Waals surface area contributed by atoms with Crippen molar-refractivity contribution in [3.05, 3.63) is 0 Å². The molecule has 1 heterocycles. The number of nitrogens with one attached hydrogen (secondary N) is 1. The van der Waals surface area contributed by atoms with Gasteiger partial charge in [-0.05, 0) is 26.4 Å². The molecule has 1 nitrogen and oxygen atoms in total. The van der Waals surface area contributed by atoms with Crippen LogP contribution in [0.15, 0.2) is 0 Å². The van der Waals surface area contributed by atoms with Crippen molar-refractivity contribution in [2.75, 3.05) is 30.9 Å². The van der Waals surface area contributed by atoms with Gasteiger partial charge in [-0.2, -0.15) is 0 Å². The number of hydrogen-bond acceptors (Lipinski definition) is 2. The number of hydrogen-bond donors (Lipinski definition) is 1. The summed E-state index contributed by atoms with van der Waals surface area (Å²) in [5.74, 6) is 4.36. The quantitative estimate of drug-likeness (QED) is 0.413. The largest absolute Gasteiger partial charge is 0.320 e. The summed E-state index contributed by atoms with van der Waals surface area (Å²) in [7, 11) is 4.98. The lowest BCUT2D eigenvalue weighted by molar-refractivity contribution is 0.776. The summed E-state index contributed by atoms with van der Waals surface area (Å²) in [4.78, 5) is 0. The molecule has 0 aromatic heterocycles. The van der Waals surface area contributed by atoms with Gasteiger partial charge in [-0.25, -0.2) is 0 Å². The van der Waals surface area contributed by atoms with E-state index in [1.165, 1.54) is 43.1 Å². The predicted molar refractivity (Wildman–Crippen MR) is 57.3 cm³/mol. The van der Waals surface area contributed by atoms with Crippen molar-refractivity contribution in [3.8, 4) is 0 Å². The molecule has 11 heavy (non-hydrogen) atoms. The van der Waals surface area contributed by atoms with Crippen LogP contribution in [0.5, 0.6) is 0 Å². The van der Waals surface area contributed by atoms with Crippen LogP contribution >= 0.6 is 10.8 Å². The fourth-order valence-corrected chi connectivity index (χ4v) is 5.64. The molecule has 1 atom stereocenters. The van der Waals surface area contributed by atoms with E-state index in [2.05, 4.69) is 16.1 Å². The van der Waals surface area contributed by atoms with Crippen LogP contribution in [0.4, 0.5) is 0 Å². The molecule has 0 aromatic rings. The van der Waals surface area contributed by atoms with Gasteiger partial charge >= 0.3 is 0 Å². The third kappa shape index (κ3) is 4.28. The minimum atomic E-state index is 0.731. The summed E-state index contributed by atoms with van der Waals surface area (Å²) < 4.78 is 0. The van der Waals surface area contributed by atoms with Crippen molar-refractivity contribution < 1.29 is 0 Å². The Morgan fingerprint density at radius 1 is 1.45 bits per heavy atom. The van der Waals surface area contributed by atoms with E-state index in [1.54, 1.807) is 0 Å². The second-order valence-electron chi connectivity index (χ2n) is 2.83. The summed E-state index contributed by atoms with van der Waals surface area (Å²) in [5, 5.41) is 3.20. The van der Waals surface area contributed by atoms with Gasteiger partial charge in [-0.1, -0.05) is 0 Å². The monoisotopic (exact) mass is 192 g/mol. The zero-order chi connectivity index (χ0) is 7.94. The van der Waals surface area contributed by atoms with E-state index in [-0.39, 0.29) is 0 Å². The molecule has 0 bridgehead atoms. The molecule has 0 aliphatic carbocycles. The molecule has 66 valence electrons. The first kappa shape index (κ1) is 9.75. The maximum absolute atomic E-state index is 3.20. The Bertz CT molecular complexity index is 92.1. The molecule has 1 unspecified atom stereocenters. The van der Waals surface area contributed by atoms with Gasteiger partial charge in [0.2, 0.25) is 0 Å². The third-order valence-electron chi connectivity index (χ3n) is 1.82. The summed E-state index contributed by atoms with van der Waals surface area (Å²) >= 11 is 0. The molecule has 0 radical (unpaired) electrons. The Labute approximate surface area is 76.5 Å². The molecule has 1 fully saturated rings. The maximum atomic E-state index is 3.20. The highest BCUT2D eigenvalue weighted by Gasteiger charge is 2.22. The Morgan fingerprint density at radius 3 is 3.00 bits per heavy atom. The summed E-state index contributed by atoms with van der Waals surface area (Å²) in [6, 6.07) is 0. The van der Waals surface area contributed by atoms with Crippen LogP contribution in [-0.2, 0) is 9.93 Å². The van der Waals surface area contributed by atoms with Crippen LogP contribution in [0.1, 0.15) is 19.3 Å². The van der Waals surface area contributed by atoms with Gasteiger partial charge in [0, 0.05) is 12.2 Å². The van der Waals surface area contributed by atoms with E-state index < -0.39 is 0 Å². The Morgan fingerprint density at radius 2 is 2.36 bits per heavy atom. The second-order valence-corrected chi connectivity index (χ2v) is 7.30. The average molecular weight is 192 g/mol. The molecule has 1 saturated heterocycles. The smallest absolute Gasteiger partial charge is 0.121 e. The van der Waals surface area contributed by atoms with Crippen LogP contribution in [0.25, 0.3) is 0 Å². The topological polar surface area (TPSA) is 12.0 Å². The van der Waals surface area contributed by atoms with Gasteiger partial charge in [0.25, 0.3) is 0 Å². The molecule has 1 rings (SSSR count). The molecule has 1 N–H and O–H groups in total. The Kier molecular flexibility index (Phi) is 5.50. The fourth-order valence-electron chi connectivity index (χ4n) is 1.17. The molecular weight excluding hydrogens is 174 g/mol. The Hall–Kier alpha value is 0.660. The first-order chi connectivity index (χ1) is 5.43. The van der Waals surface area contributed by atoms with Gasteiger partial charge < -0.3 is 5.32 Å². The summed E-state index contributed by atoms with van der Waals surface area (Å²) in [6.45, 7) is 1.20. The van der Waals surface area contributed by atoms with Crippen molar-refractivity contribution in [2.24, 2.45) is 0 Å². The lowest BCUT2D eigenvalue weighted by atomic mass is 10.4. The molecule has 0 spiro atoms. The van der Waals surface area contributed by atoms with E-state index in [4.69, 9.17) is 0 Å². The van der Waals surface area contributed by atoms with E-state index in [0.717, 1.165) is 9.93 Å². The number of rotatable bonds is 4. The van der Waals surface area contributed by atoms with Crippen molar-refractivity contribution in [1.29, 1.82) is 0 Å². The summed E-state index contributed by atoms with van der Waals surface area (Å²) in [6.07, 6.45) is 4.31. The van der Waals surface area contributed by atoms with Crippen molar-refractivity contribution in [2.45, 2.75) is 19.3 Å². The van der Waals surface area contributed by atoms with Crippen LogP contribution < -0.4 is 5.32 Å². The second kappa shape index (κ2) is 6.21. The normalized spacial score (nSPS) is 25.4. The Balaban J connectivity index is 1.96. The first-order valence-corrected chi connectivity index (χ1v) is 7.45. The van der Waals surface area contributed by atoms with E-state index in [9.17, 15) is 0 Å². The average Bonchev–Trinajstić information content (AvgIpc) is 2.07. The lowest BCUT2D eigenvalue weighted by Crippen LogP contribution is -2.17. The van der Waals surface area contributed by atoms with Crippen molar-refractivity contribution in [3.63, 3.8) is 0 Å². The molecule has 0 aromatic carbocycles. The minimum Gasteiger partial charge on any atom is -0.320 e. The van der Waals surface area contributed by atoms with Crippen LogP contribution in [0.2, 0.25) is 0 Å². The van der Waals surface area contributed by atoms with Gasteiger partial charge in [0.15, 0.2) is 0 Å². The first-order valence-electron chi connectivity index (χ1n) is 4.39. The van der Waals surface area contributed by atoms with Gasteiger partial charge in [-0.15, -0.1) is 0 Å². The SMILES string of the molecule is CNCCC[S+]1CCCCS1. The van der Waals surface area contributed by atoms with Gasteiger partial charge in [0.1, 0.15) is 11.5 Å². The van der Waals surface area contributed by atoms with Crippen LogP contribution in [0, 0.1) is 0 Å².